The summed E-state index contributed by atoms with van der Waals surface area (Å²) in [6.07, 6.45) is 6.23. The van der Waals surface area contributed by atoms with Crippen molar-refractivity contribution < 1.29 is 23.9 Å². The smallest absolute Gasteiger partial charge is 0.434 e. The molecule has 4 saturated carbocycles. The molecule has 4 aliphatic carbocycles. The van der Waals surface area contributed by atoms with Gasteiger partial charge in [-0.2, -0.15) is 0 Å². The topological polar surface area (TPSA) is 93.7 Å². The van der Waals surface area contributed by atoms with E-state index in [1.54, 1.807) is 31.2 Å². The largest absolute Gasteiger partial charge is 0.513 e. The molecule has 0 atom stereocenters. The Morgan fingerprint density at radius 3 is 1.88 bits per heavy atom. The Morgan fingerprint density at radius 1 is 0.824 bits per heavy atom. The number of hydrogen-bond donors (Lipinski definition) is 2. The molecule has 2 amide bonds. The van der Waals surface area contributed by atoms with Crippen molar-refractivity contribution in [2.24, 2.45) is 23.2 Å². The second-order valence-corrected chi connectivity index (χ2v) is 9.99. The van der Waals surface area contributed by atoms with Crippen molar-refractivity contribution >= 4 is 29.3 Å². The SMILES string of the molecule is CCOC(=O)Oc1ccc(C(=O)Nc2ccc(NC(=O)C34CC5CC(CC(C5)C3)C4)cc2)cc1. The maximum Gasteiger partial charge on any atom is 0.513 e. The van der Waals surface area contributed by atoms with Crippen LogP contribution in [0.4, 0.5) is 16.2 Å². The Bertz CT molecular complexity index is 1040. The minimum atomic E-state index is -0.782. The van der Waals surface area contributed by atoms with E-state index in [1.165, 1.54) is 31.4 Å². The number of anilines is 2. The van der Waals surface area contributed by atoms with Crippen LogP contribution < -0.4 is 15.4 Å². The van der Waals surface area contributed by atoms with Crippen molar-refractivity contribution in [3.63, 3.8) is 0 Å². The van der Waals surface area contributed by atoms with Crippen molar-refractivity contribution in [1.29, 1.82) is 0 Å². The first-order chi connectivity index (χ1) is 16.4. The first-order valence-electron chi connectivity index (χ1n) is 12.1. The van der Waals surface area contributed by atoms with E-state index >= 15 is 0 Å². The molecule has 6 rings (SSSR count). The molecule has 4 fully saturated rings. The predicted octanol–water partition coefficient (Wildman–Crippen LogP) is 5.63. The summed E-state index contributed by atoms with van der Waals surface area (Å²) in [7, 11) is 0. The van der Waals surface area contributed by atoms with E-state index in [2.05, 4.69) is 10.6 Å². The Kier molecular flexibility index (Phi) is 6.02. The van der Waals surface area contributed by atoms with Crippen LogP contribution in [0.25, 0.3) is 0 Å². The van der Waals surface area contributed by atoms with Crippen molar-refractivity contribution in [1.82, 2.24) is 0 Å². The molecule has 0 radical (unpaired) electrons. The van der Waals surface area contributed by atoms with Gasteiger partial charge in [0, 0.05) is 16.9 Å². The van der Waals surface area contributed by atoms with Crippen LogP contribution in [0.1, 0.15) is 55.8 Å². The zero-order chi connectivity index (χ0) is 23.7. The van der Waals surface area contributed by atoms with Gasteiger partial charge in [0.25, 0.3) is 5.91 Å². The van der Waals surface area contributed by atoms with Gasteiger partial charge in [-0.3, -0.25) is 9.59 Å². The molecule has 0 aromatic heterocycles. The van der Waals surface area contributed by atoms with Crippen LogP contribution in [0.15, 0.2) is 48.5 Å². The maximum absolute atomic E-state index is 13.2. The lowest BCUT2D eigenvalue weighted by Gasteiger charge is -2.55. The normalized spacial score (nSPS) is 26.6. The lowest BCUT2D eigenvalue weighted by molar-refractivity contribution is -0.140. The molecule has 0 saturated heterocycles. The summed E-state index contributed by atoms with van der Waals surface area (Å²) in [5.41, 5.74) is 1.62. The lowest BCUT2D eigenvalue weighted by Crippen LogP contribution is -2.51. The molecule has 34 heavy (non-hydrogen) atoms. The Labute approximate surface area is 199 Å². The highest BCUT2D eigenvalue weighted by Gasteiger charge is 2.54. The molecule has 7 heteroatoms. The number of nitrogens with one attached hydrogen (secondary N) is 2. The van der Waals surface area contributed by atoms with Crippen molar-refractivity contribution in [3.8, 4) is 5.75 Å². The van der Waals surface area contributed by atoms with Gasteiger partial charge >= 0.3 is 6.16 Å². The summed E-state index contributed by atoms with van der Waals surface area (Å²) >= 11 is 0. The zero-order valence-electron chi connectivity index (χ0n) is 19.3. The fourth-order valence-corrected chi connectivity index (χ4v) is 6.41. The summed E-state index contributed by atoms with van der Waals surface area (Å²) in [6.45, 7) is 1.92. The van der Waals surface area contributed by atoms with E-state index < -0.39 is 6.16 Å². The Hall–Kier alpha value is -3.35. The van der Waals surface area contributed by atoms with E-state index in [9.17, 15) is 14.4 Å². The first kappa shape index (κ1) is 22.4. The molecule has 0 unspecified atom stereocenters. The Balaban J connectivity index is 1.17. The summed E-state index contributed by atoms with van der Waals surface area (Å²) in [4.78, 5) is 37.2. The monoisotopic (exact) mass is 462 g/mol. The van der Waals surface area contributed by atoms with E-state index in [0.29, 0.717) is 17.0 Å². The quantitative estimate of drug-likeness (QED) is 0.429. The van der Waals surface area contributed by atoms with Crippen LogP contribution in [0.3, 0.4) is 0 Å². The third-order valence-electron chi connectivity index (χ3n) is 7.50. The van der Waals surface area contributed by atoms with Crippen molar-refractivity contribution in [2.45, 2.75) is 45.4 Å². The van der Waals surface area contributed by atoms with Crippen LogP contribution in [0, 0.1) is 23.2 Å². The molecule has 2 N–H and O–H groups in total. The minimum absolute atomic E-state index is 0.161. The molecule has 2 aromatic rings. The third-order valence-corrected chi connectivity index (χ3v) is 7.50. The average molecular weight is 463 g/mol. The molecule has 2 aromatic carbocycles. The highest BCUT2D eigenvalue weighted by molar-refractivity contribution is 6.04. The number of amides is 2. The van der Waals surface area contributed by atoms with Crippen LogP contribution in [0.5, 0.6) is 5.75 Å². The summed E-state index contributed by atoms with van der Waals surface area (Å²) in [5, 5.41) is 5.98. The molecule has 0 spiro atoms. The van der Waals surface area contributed by atoms with Gasteiger partial charge in [-0.15, -0.1) is 0 Å². The van der Waals surface area contributed by atoms with Gasteiger partial charge in [0.1, 0.15) is 5.75 Å². The minimum Gasteiger partial charge on any atom is -0.434 e. The highest BCUT2D eigenvalue weighted by atomic mass is 16.7. The predicted molar refractivity (Wildman–Crippen MR) is 128 cm³/mol. The van der Waals surface area contributed by atoms with E-state index in [-0.39, 0.29) is 23.8 Å². The Morgan fingerprint density at radius 2 is 1.35 bits per heavy atom. The highest BCUT2D eigenvalue weighted by Crippen LogP contribution is 2.60. The average Bonchev–Trinajstić information content (AvgIpc) is 2.80. The summed E-state index contributed by atoms with van der Waals surface area (Å²) in [5.74, 6) is 2.34. The van der Waals surface area contributed by atoms with Crippen LogP contribution in [-0.4, -0.2) is 24.6 Å². The fourth-order valence-electron chi connectivity index (χ4n) is 6.41. The van der Waals surface area contributed by atoms with Gasteiger partial charge < -0.3 is 20.1 Å². The molecule has 0 aliphatic heterocycles. The molecule has 7 nitrogen and oxygen atoms in total. The van der Waals surface area contributed by atoms with E-state index in [1.807, 2.05) is 12.1 Å². The number of hydrogen-bond acceptors (Lipinski definition) is 5. The van der Waals surface area contributed by atoms with Crippen LogP contribution >= 0.6 is 0 Å². The second-order valence-electron chi connectivity index (χ2n) is 9.99. The zero-order valence-corrected chi connectivity index (χ0v) is 19.3. The number of ether oxygens (including phenoxy) is 2. The lowest BCUT2D eigenvalue weighted by atomic mass is 9.49. The van der Waals surface area contributed by atoms with Crippen LogP contribution in [0.2, 0.25) is 0 Å². The number of benzene rings is 2. The summed E-state index contributed by atoms with van der Waals surface area (Å²) < 4.78 is 9.73. The molecule has 0 heterocycles. The van der Waals surface area contributed by atoms with E-state index in [4.69, 9.17) is 9.47 Å². The van der Waals surface area contributed by atoms with Gasteiger partial charge in [-0.25, -0.2) is 4.79 Å². The maximum atomic E-state index is 13.2. The molecule has 4 bridgehead atoms. The molecule has 4 aliphatic rings. The molecule has 178 valence electrons. The van der Waals surface area contributed by atoms with Gasteiger partial charge in [0.2, 0.25) is 5.91 Å². The van der Waals surface area contributed by atoms with Crippen molar-refractivity contribution in [2.75, 3.05) is 17.2 Å². The van der Waals surface area contributed by atoms with Crippen LogP contribution in [-0.2, 0) is 9.53 Å². The van der Waals surface area contributed by atoms with Crippen molar-refractivity contribution in [3.05, 3.63) is 54.1 Å². The molecular weight excluding hydrogens is 432 g/mol. The van der Waals surface area contributed by atoms with E-state index in [0.717, 1.165) is 42.7 Å². The van der Waals surface area contributed by atoms with Gasteiger partial charge in [-0.05, 0) is 112 Å². The number of carbonyl (C=O) groups is 3. The number of carbonyl (C=O) groups excluding carboxylic acids is 3. The van der Waals surface area contributed by atoms with Gasteiger partial charge in [-0.1, -0.05) is 0 Å². The second kappa shape index (κ2) is 9.12. The van der Waals surface area contributed by atoms with Gasteiger partial charge in [0.05, 0.1) is 12.0 Å². The van der Waals surface area contributed by atoms with Gasteiger partial charge in [0.15, 0.2) is 0 Å². The summed E-state index contributed by atoms with van der Waals surface area (Å²) in [6, 6.07) is 13.4. The first-order valence-corrected chi connectivity index (χ1v) is 12.1. The molecular formula is C27H30N2O5. The fraction of sp³-hybridized carbons (Fsp3) is 0.444. The number of rotatable bonds is 6. The standard InChI is InChI=1S/C27H30N2O5/c1-2-33-26(32)34-23-9-3-20(4-10-23)24(30)28-21-5-7-22(8-6-21)29-25(31)27-14-17-11-18(15-27)13-19(12-17)16-27/h3-10,17-19H,2,11-16H2,1H3,(H,28,30)(H,29,31). The third kappa shape index (κ3) is 4.65.